The van der Waals surface area contributed by atoms with E-state index in [1.165, 1.54) is 18.2 Å². The summed E-state index contributed by atoms with van der Waals surface area (Å²) in [6.07, 6.45) is 2.45. The maximum atomic E-state index is 13.8. The summed E-state index contributed by atoms with van der Waals surface area (Å²) < 4.78 is 19.0. The van der Waals surface area contributed by atoms with E-state index in [9.17, 15) is 4.39 Å². The average molecular weight is 284 g/mol. The van der Waals surface area contributed by atoms with Crippen molar-refractivity contribution in [3.8, 4) is 23.0 Å². The number of aryl methyl sites for hydroxylation is 1. The Kier molecular flexibility index (Phi) is 3.35. The first-order valence-corrected chi connectivity index (χ1v) is 6.52. The third-order valence-corrected chi connectivity index (χ3v) is 3.13. The summed E-state index contributed by atoms with van der Waals surface area (Å²) in [5.41, 5.74) is 7.91. The number of halogens is 1. The SMILES string of the molecule is CCc1cccnc1-c1noc(-c2cc(N)ccc2F)n1. The van der Waals surface area contributed by atoms with Crippen molar-refractivity contribution >= 4 is 5.69 Å². The smallest absolute Gasteiger partial charge is 0.261 e. The summed E-state index contributed by atoms with van der Waals surface area (Å²) in [6.45, 7) is 2.01. The Labute approximate surface area is 120 Å². The molecule has 0 bridgehead atoms. The number of aromatic nitrogens is 3. The number of rotatable bonds is 3. The molecule has 0 unspecified atom stereocenters. The zero-order chi connectivity index (χ0) is 14.8. The quantitative estimate of drug-likeness (QED) is 0.748. The first-order valence-electron chi connectivity index (χ1n) is 6.52. The molecular formula is C15H13FN4O. The van der Waals surface area contributed by atoms with Gasteiger partial charge < -0.3 is 10.3 Å². The van der Waals surface area contributed by atoms with E-state index >= 15 is 0 Å². The fraction of sp³-hybridized carbons (Fsp3) is 0.133. The van der Waals surface area contributed by atoms with Crippen molar-refractivity contribution < 1.29 is 8.91 Å². The molecular weight excluding hydrogens is 271 g/mol. The van der Waals surface area contributed by atoms with Gasteiger partial charge in [-0.3, -0.25) is 4.98 Å². The lowest BCUT2D eigenvalue weighted by Crippen LogP contribution is -1.93. The number of nitrogen functional groups attached to an aromatic ring is 1. The summed E-state index contributed by atoms with van der Waals surface area (Å²) in [6, 6.07) is 8.00. The van der Waals surface area contributed by atoms with Gasteiger partial charge in [0.15, 0.2) is 0 Å². The van der Waals surface area contributed by atoms with Gasteiger partial charge in [-0.25, -0.2) is 4.39 Å². The molecule has 2 aromatic heterocycles. The van der Waals surface area contributed by atoms with E-state index in [1.54, 1.807) is 6.20 Å². The first kappa shape index (κ1) is 13.2. The number of anilines is 1. The van der Waals surface area contributed by atoms with E-state index in [1.807, 2.05) is 19.1 Å². The van der Waals surface area contributed by atoms with Gasteiger partial charge in [0, 0.05) is 11.9 Å². The van der Waals surface area contributed by atoms with Gasteiger partial charge in [-0.1, -0.05) is 18.1 Å². The predicted octanol–water partition coefficient (Wildman–Crippen LogP) is 3.08. The molecule has 2 heterocycles. The normalized spacial score (nSPS) is 10.8. The lowest BCUT2D eigenvalue weighted by Gasteiger charge is -2.00. The summed E-state index contributed by atoms with van der Waals surface area (Å²) >= 11 is 0. The highest BCUT2D eigenvalue weighted by Gasteiger charge is 2.16. The van der Waals surface area contributed by atoms with Crippen molar-refractivity contribution in [1.29, 1.82) is 0 Å². The van der Waals surface area contributed by atoms with Crippen molar-refractivity contribution in [2.45, 2.75) is 13.3 Å². The molecule has 0 fully saturated rings. The molecule has 21 heavy (non-hydrogen) atoms. The van der Waals surface area contributed by atoms with Crippen LogP contribution in [0.5, 0.6) is 0 Å². The molecule has 0 aliphatic rings. The van der Waals surface area contributed by atoms with E-state index in [0.29, 0.717) is 17.2 Å². The fourth-order valence-electron chi connectivity index (χ4n) is 2.06. The van der Waals surface area contributed by atoms with Crippen LogP contribution in [0.1, 0.15) is 12.5 Å². The van der Waals surface area contributed by atoms with Crippen LogP contribution >= 0.6 is 0 Å². The van der Waals surface area contributed by atoms with Crippen LogP contribution in [0.2, 0.25) is 0 Å². The minimum atomic E-state index is -0.462. The van der Waals surface area contributed by atoms with Crippen molar-refractivity contribution in [2.75, 3.05) is 5.73 Å². The minimum Gasteiger partial charge on any atom is -0.399 e. The molecule has 2 N–H and O–H groups in total. The van der Waals surface area contributed by atoms with Gasteiger partial charge in [-0.15, -0.1) is 0 Å². The lowest BCUT2D eigenvalue weighted by molar-refractivity contribution is 0.429. The number of pyridine rings is 1. The van der Waals surface area contributed by atoms with Gasteiger partial charge in [0.25, 0.3) is 5.89 Å². The number of hydrogen-bond acceptors (Lipinski definition) is 5. The van der Waals surface area contributed by atoms with Gasteiger partial charge in [0.2, 0.25) is 5.82 Å². The van der Waals surface area contributed by atoms with Gasteiger partial charge in [-0.2, -0.15) is 4.98 Å². The summed E-state index contributed by atoms with van der Waals surface area (Å²) in [5, 5.41) is 3.89. The van der Waals surface area contributed by atoms with E-state index in [2.05, 4.69) is 15.1 Å². The number of nitrogens with zero attached hydrogens (tertiary/aromatic N) is 3. The molecule has 0 amide bonds. The van der Waals surface area contributed by atoms with Crippen molar-refractivity contribution in [2.24, 2.45) is 0 Å². The molecule has 5 nitrogen and oxygen atoms in total. The van der Waals surface area contributed by atoms with Crippen molar-refractivity contribution in [3.05, 3.63) is 47.9 Å². The van der Waals surface area contributed by atoms with Crippen molar-refractivity contribution in [3.63, 3.8) is 0 Å². The summed E-state index contributed by atoms with van der Waals surface area (Å²) in [7, 11) is 0. The third-order valence-electron chi connectivity index (χ3n) is 3.13. The Bertz CT molecular complexity index is 785. The topological polar surface area (TPSA) is 77.8 Å². The Balaban J connectivity index is 2.06. The number of benzene rings is 1. The largest absolute Gasteiger partial charge is 0.399 e. The highest BCUT2D eigenvalue weighted by atomic mass is 19.1. The number of hydrogen-bond donors (Lipinski definition) is 1. The zero-order valence-electron chi connectivity index (χ0n) is 11.4. The van der Waals surface area contributed by atoms with Crippen LogP contribution in [0.4, 0.5) is 10.1 Å². The predicted molar refractivity (Wildman–Crippen MR) is 76.7 cm³/mol. The maximum absolute atomic E-state index is 13.8. The molecule has 0 radical (unpaired) electrons. The average Bonchev–Trinajstić information content (AvgIpc) is 2.99. The van der Waals surface area contributed by atoms with E-state index in [0.717, 1.165) is 12.0 Å². The fourth-order valence-corrected chi connectivity index (χ4v) is 2.06. The van der Waals surface area contributed by atoms with E-state index in [-0.39, 0.29) is 11.5 Å². The molecule has 0 atom stereocenters. The van der Waals surface area contributed by atoms with Crippen LogP contribution in [-0.2, 0) is 6.42 Å². The number of nitrogens with two attached hydrogens (primary N) is 1. The monoisotopic (exact) mass is 284 g/mol. The van der Waals surface area contributed by atoms with E-state index in [4.69, 9.17) is 10.3 Å². The van der Waals surface area contributed by atoms with Crippen LogP contribution in [0, 0.1) is 5.82 Å². The maximum Gasteiger partial charge on any atom is 0.261 e. The van der Waals surface area contributed by atoms with Crippen LogP contribution in [0.3, 0.4) is 0 Å². The highest BCUT2D eigenvalue weighted by molar-refractivity contribution is 5.63. The molecule has 3 aromatic rings. The molecule has 0 saturated heterocycles. The third kappa shape index (κ3) is 2.47. The molecule has 3 rings (SSSR count). The van der Waals surface area contributed by atoms with E-state index < -0.39 is 5.82 Å². The second kappa shape index (κ2) is 5.32. The second-order valence-corrected chi connectivity index (χ2v) is 4.53. The Morgan fingerprint density at radius 1 is 1.29 bits per heavy atom. The lowest BCUT2D eigenvalue weighted by atomic mass is 10.1. The molecule has 0 saturated carbocycles. The molecule has 0 spiro atoms. The molecule has 106 valence electrons. The highest BCUT2D eigenvalue weighted by Crippen LogP contribution is 2.26. The summed E-state index contributed by atoms with van der Waals surface area (Å²) in [4.78, 5) is 8.49. The Hall–Kier alpha value is -2.76. The van der Waals surface area contributed by atoms with Crippen LogP contribution < -0.4 is 5.73 Å². The first-order chi connectivity index (χ1) is 10.2. The molecule has 1 aromatic carbocycles. The molecule has 6 heteroatoms. The Morgan fingerprint density at radius 3 is 2.95 bits per heavy atom. The van der Waals surface area contributed by atoms with Gasteiger partial charge in [0.1, 0.15) is 11.5 Å². The van der Waals surface area contributed by atoms with Gasteiger partial charge >= 0.3 is 0 Å². The summed E-state index contributed by atoms with van der Waals surface area (Å²) in [5.74, 6) is -0.0390. The molecule has 0 aliphatic heterocycles. The van der Waals surface area contributed by atoms with Crippen molar-refractivity contribution in [1.82, 2.24) is 15.1 Å². The van der Waals surface area contributed by atoms with Gasteiger partial charge in [0.05, 0.1) is 5.56 Å². The van der Waals surface area contributed by atoms with Crippen LogP contribution in [0.25, 0.3) is 23.0 Å². The zero-order valence-corrected chi connectivity index (χ0v) is 11.4. The Morgan fingerprint density at radius 2 is 2.14 bits per heavy atom. The molecule has 0 aliphatic carbocycles. The standard InChI is InChI=1S/C15H13FN4O/c1-2-9-4-3-7-18-13(9)14-19-15(21-20-14)11-8-10(17)5-6-12(11)16/h3-8H,2,17H2,1H3. The van der Waals surface area contributed by atoms with Crippen LogP contribution in [0.15, 0.2) is 41.1 Å². The minimum absolute atomic E-state index is 0.0857. The second-order valence-electron chi connectivity index (χ2n) is 4.53. The van der Waals surface area contributed by atoms with Crippen LogP contribution in [-0.4, -0.2) is 15.1 Å². The van der Waals surface area contributed by atoms with Gasteiger partial charge in [-0.05, 0) is 36.2 Å².